The molecule has 0 unspecified atom stereocenters. The van der Waals surface area contributed by atoms with Crippen molar-refractivity contribution in [2.24, 2.45) is 0 Å². The summed E-state index contributed by atoms with van der Waals surface area (Å²) in [5.74, 6) is 0.232. The minimum atomic E-state index is 0.232. The van der Waals surface area contributed by atoms with Gasteiger partial charge in [-0.05, 0) is 41.7 Å². The Hall–Kier alpha value is -1.70. The van der Waals surface area contributed by atoms with Gasteiger partial charge >= 0.3 is 0 Å². The van der Waals surface area contributed by atoms with Crippen molar-refractivity contribution in [1.82, 2.24) is 4.98 Å². The van der Waals surface area contributed by atoms with Gasteiger partial charge in [0.2, 0.25) is 0 Å². The van der Waals surface area contributed by atoms with E-state index >= 15 is 0 Å². The van der Waals surface area contributed by atoms with Crippen molar-refractivity contribution in [1.29, 1.82) is 0 Å². The smallest absolute Gasteiger partial charge is 0.169 e. The molecule has 0 spiro atoms. The molecule has 15 heavy (non-hydrogen) atoms. The van der Waals surface area contributed by atoms with Crippen LogP contribution in [-0.4, -0.2) is 10.8 Å². The zero-order chi connectivity index (χ0) is 9.99. The number of allylic oxidation sites excluding steroid dienone is 4. The lowest BCUT2D eigenvalue weighted by Crippen LogP contribution is -2.27. The number of nitrogens with zero attached hydrogens (tertiary/aromatic N) is 1. The van der Waals surface area contributed by atoms with Gasteiger partial charge in [0.1, 0.15) is 0 Å². The van der Waals surface area contributed by atoms with E-state index in [0.29, 0.717) is 6.42 Å². The molecule has 2 heteroatoms. The SMILES string of the molecule is O=C1CC2=C3CCC3=C2c2ncccc21. The zero-order valence-electron chi connectivity index (χ0n) is 8.21. The Kier molecular flexibility index (Phi) is 1.15. The van der Waals surface area contributed by atoms with Gasteiger partial charge in [-0.25, -0.2) is 0 Å². The van der Waals surface area contributed by atoms with E-state index in [9.17, 15) is 4.79 Å². The van der Waals surface area contributed by atoms with Gasteiger partial charge in [-0.1, -0.05) is 0 Å². The molecule has 1 aromatic heterocycles. The molecular formula is C13H9NO. The molecule has 0 aromatic carbocycles. The van der Waals surface area contributed by atoms with Crippen LogP contribution in [0.15, 0.2) is 35.0 Å². The Morgan fingerprint density at radius 1 is 1.13 bits per heavy atom. The van der Waals surface area contributed by atoms with Crippen molar-refractivity contribution in [3.63, 3.8) is 0 Å². The highest BCUT2D eigenvalue weighted by Crippen LogP contribution is 2.56. The third-order valence-electron chi connectivity index (χ3n) is 3.64. The third kappa shape index (κ3) is 0.729. The lowest BCUT2D eigenvalue weighted by molar-refractivity contribution is 0.0990. The standard InChI is InChI=1S/C13H9NO/c15-11-6-10-7-3-4-8(7)12(10)13-9(11)2-1-5-14-13/h1-2,5H,3-4,6H2. The van der Waals surface area contributed by atoms with E-state index in [1.807, 2.05) is 12.1 Å². The Labute approximate surface area is 87.3 Å². The maximum absolute atomic E-state index is 11.9. The number of ketones is 1. The second-order valence-corrected chi connectivity index (χ2v) is 4.31. The highest BCUT2D eigenvalue weighted by atomic mass is 16.1. The molecule has 1 saturated carbocycles. The van der Waals surface area contributed by atoms with Crippen LogP contribution in [0.2, 0.25) is 0 Å². The lowest BCUT2D eigenvalue weighted by atomic mass is 9.63. The summed E-state index contributed by atoms with van der Waals surface area (Å²) in [6, 6.07) is 3.74. The summed E-state index contributed by atoms with van der Waals surface area (Å²) in [4.78, 5) is 16.2. The Bertz CT molecular complexity index is 578. The molecule has 0 saturated heterocycles. The van der Waals surface area contributed by atoms with Gasteiger partial charge in [0.25, 0.3) is 0 Å². The number of carbonyl (C=O) groups excluding carboxylic acids is 1. The van der Waals surface area contributed by atoms with Gasteiger partial charge in [0.05, 0.1) is 5.69 Å². The number of hydrogen-bond donors (Lipinski definition) is 0. The molecule has 72 valence electrons. The molecule has 0 aliphatic heterocycles. The first kappa shape index (κ1) is 7.57. The van der Waals surface area contributed by atoms with Gasteiger partial charge in [0, 0.05) is 23.8 Å². The Morgan fingerprint density at radius 3 is 2.80 bits per heavy atom. The van der Waals surface area contributed by atoms with E-state index in [1.165, 1.54) is 35.1 Å². The molecule has 0 atom stereocenters. The average molecular weight is 195 g/mol. The number of carbonyl (C=O) groups is 1. The van der Waals surface area contributed by atoms with Crippen molar-refractivity contribution in [3.8, 4) is 0 Å². The number of hydrogen-bond acceptors (Lipinski definition) is 2. The molecule has 0 radical (unpaired) electrons. The van der Waals surface area contributed by atoms with Crippen LogP contribution in [0.3, 0.4) is 0 Å². The number of aromatic nitrogens is 1. The number of rotatable bonds is 0. The molecule has 3 aliphatic carbocycles. The minimum absolute atomic E-state index is 0.232. The van der Waals surface area contributed by atoms with E-state index < -0.39 is 0 Å². The van der Waals surface area contributed by atoms with E-state index in [2.05, 4.69) is 4.98 Å². The van der Waals surface area contributed by atoms with Crippen LogP contribution in [-0.2, 0) is 0 Å². The maximum Gasteiger partial charge on any atom is 0.169 e. The number of pyridine rings is 1. The molecule has 4 rings (SSSR count). The first-order valence-electron chi connectivity index (χ1n) is 5.31. The molecular weight excluding hydrogens is 186 g/mol. The zero-order valence-corrected chi connectivity index (χ0v) is 8.21. The molecule has 2 nitrogen and oxygen atoms in total. The molecule has 1 heterocycles. The normalized spacial score (nSPS) is 21.5. The van der Waals surface area contributed by atoms with Gasteiger partial charge in [-0.3, -0.25) is 9.78 Å². The number of Topliss-reactive ketones (excluding diaryl/α,β-unsaturated/α-hetero) is 1. The summed E-state index contributed by atoms with van der Waals surface area (Å²) in [5.41, 5.74) is 7.25. The minimum Gasteiger partial charge on any atom is -0.294 e. The molecule has 3 aliphatic rings. The van der Waals surface area contributed by atoms with Gasteiger partial charge in [-0.15, -0.1) is 0 Å². The summed E-state index contributed by atoms with van der Waals surface area (Å²) in [7, 11) is 0. The molecule has 0 bridgehead atoms. The van der Waals surface area contributed by atoms with Crippen LogP contribution < -0.4 is 0 Å². The Balaban J connectivity index is 2.02. The predicted octanol–water partition coefficient (Wildman–Crippen LogP) is 2.53. The summed E-state index contributed by atoms with van der Waals surface area (Å²) in [6.45, 7) is 0. The second kappa shape index (κ2) is 2.27. The van der Waals surface area contributed by atoms with E-state index in [-0.39, 0.29) is 5.78 Å². The first-order chi connectivity index (χ1) is 7.36. The highest BCUT2D eigenvalue weighted by molar-refractivity contribution is 6.12. The molecule has 0 N–H and O–H groups in total. The Morgan fingerprint density at radius 2 is 2.00 bits per heavy atom. The predicted molar refractivity (Wildman–Crippen MR) is 56.4 cm³/mol. The summed E-state index contributed by atoms with van der Waals surface area (Å²) in [5, 5.41) is 0. The van der Waals surface area contributed by atoms with Crippen LogP contribution in [0.5, 0.6) is 0 Å². The average Bonchev–Trinajstić information content (AvgIpc) is 2.22. The second-order valence-electron chi connectivity index (χ2n) is 4.31. The van der Waals surface area contributed by atoms with Crippen molar-refractivity contribution >= 4 is 11.4 Å². The summed E-state index contributed by atoms with van der Waals surface area (Å²) < 4.78 is 0. The van der Waals surface area contributed by atoms with Crippen LogP contribution in [0, 0.1) is 0 Å². The van der Waals surface area contributed by atoms with E-state index in [1.54, 1.807) is 6.20 Å². The summed E-state index contributed by atoms with van der Waals surface area (Å²) >= 11 is 0. The van der Waals surface area contributed by atoms with Gasteiger partial charge in [0.15, 0.2) is 5.78 Å². The van der Waals surface area contributed by atoms with Crippen LogP contribution in [0.25, 0.3) is 5.57 Å². The highest BCUT2D eigenvalue weighted by Gasteiger charge is 2.41. The lowest BCUT2D eigenvalue weighted by Gasteiger charge is -2.41. The fraction of sp³-hybridized carbons (Fsp3) is 0.231. The van der Waals surface area contributed by atoms with Crippen molar-refractivity contribution in [2.45, 2.75) is 19.3 Å². The largest absolute Gasteiger partial charge is 0.294 e. The van der Waals surface area contributed by atoms with E-state index in [4.69, 9.17) is 0 Å². The van der Waals surface area contributed by atoms with Crippen molar-refractivity contribution in [2.75, 3.05) is 0 Å². The molecule has 0 amide bonds. The van der Waals surface area contributed by atoms with Crippen molar-refractivity contribution < 1.29 is 4.79 Å². The van der Waals surface area contributed by atoms with Crippen LogP contribution in [0.1, 0.15) is 35.3 Å². The third-order valence-corrected chi connectivity index (χ3v) is 3.64. The van der Waals surface area contributed by atoms with Crippen molar-refractivity contribution in [3.05, 3.63) is 46.3 Å². The topological polar surface area (TPSA) is 30.0 Å². The summed E-state index contributed by atoms with van der Waals surface area (Å²) in [6.07, 6.45) is 4.73. The molecule has 1 aromatic rings. The molecule has 1 fully saturated rings. The fourth-order valence-electron chi connectivity index (χ4n) is 2.82. The monoisotopic (exact) mass is 195 g/mol. The van der Waals surface area contributed by atoms with E-state index in [0.717, 1.165) is 11.3 Å². The first-order valence-corrected chi connectivity index (χ1v) is 5.31. The van der Waals surface area contributed by atoms with Gasteiger partial charge in [-0.2, -0.15) is 0 Å². The van der Waals surface area contributed by atoms with Gasteiger partial charge < -0.3 is 0 Å². The quantitative estimate of drug-likeness (QED) is 0.636. The van der Waals surface area contributed by atoms with Crippen LogP contribution in [0.4, 0.5) is 0 Å². The number of fused-ring (bicyclic) bond motifs is 4. The van der Waals surface area contributed by atoms with Crippen LogP contribution >= 0.6 is 0 Å². The fourth-order valence-corrected chi connectivity index (χ4v) is 2.82. The maximum atomic E-state index is 11.9.